The van der Waals surface area contributed by atoms with Crippen molar-refractivity contribution in [3.8, 4) is 17.5 Å². The molecule has 0 radical (unpaired) electrons. The van der Waals surface area contributed by atoms with Crippen LogP contribution in [0.25, 0.3) is 11.4 Å². The van der Waals surface area contributed by atoms with Crippen LogP contribution in [0, 0.1) is 30.0 Å². The van der Waals surface area contributed by atoms with Crippen molar-refractivity contribution in [2.75, 3.05) is 5.32 Å². The van der Waals surface area contributed by atoms with Crippen LogP contribution in [0.15, 0.2) is 43.0 Å². The van der Waals surface area contributed by atoms with E-state index < -0.39 is 11.4 Å². The molecule has 3 atom stereocenters. The number of rotatable bonds is 3. The smallest absolute Gasteiger partial charge is 0.308 e. The molecule has 3 aromatic rings. The Bertz CT molecular complexity index is 1260. The number of fused-ring (bicyclic) bond motifs is 2. The number of carbonyl (C=O) groups excluding carboxylic acids is 1. The molecular weight excluding hydrogens is 421 g/mol. The van der Waals surface area contributed by atoms with E-state index in [1.165, 1.54) is 12.4 Å². The van der Waals surface area contributed by atoms with E-state index in [4.69, 9.17) is 5.26 Å². The van der Waals surface area contributed by atoms with Gasteiger partial charge in [-0.1, -0.05) is 13.0 Å². The van der Waals surface area contributed by atoms with Gasteiger partial charge in [-0.3, -0.25) is 0 Å². The molecule has 2 aliphatic rings. The molecule has 1 aromatic carbocycles. The Morgan fingerprint density at radius 3 is 2.61 bits per heavy atom. The molecule has 166 valence electrons. The van der Waals surface area contributed by atoms with E-state index in [0.717, 1.165) is 42.8 Å². The number of amides is 2. The van der Waals surface area contributed by atoms with Gasteiger partial charge in [-0.15, -0.1) is 0 Å². The summed E-state index contributed by atoms with van der Waals surface area (Å²) in [6.07, 6.45) is 7.76. The second-order valence-electron chi connectivity index (χ2n) is 8.90. The van der Waals surface area contributed by atoms with E-state index in [9.17, 15) is 9.18 Å². The molecule has 2 saturated heterocycles. The summed E-state index contributed by atoms with van der Waals surface area (Å²) in [7, 11) is 0. The van der Waals surface area contributed by atoms with Crippen LogP contribution < -0.4 is 5.32 Å². The summed E-state index contributed by atoms with van der Waals surface area (Å²) in [5, 5.41) is 12.1. The Morgan fingerprint density at radius 2 is 1.91 bits per heavy atom. The minimum atomic E-state index is -0.575. The SMILES string of the molecule is Cc1ccc(NC(=O)N2[C@H]3C[C@H](C)C[C@]2(c2ncc(C#N)cn2)C3)cc1-c1ncc(F)cn1. The molecule has 2 aromatic heterocycles. The molecule has 2 amide bonds. The average Bonchev–Trinajstić information content (AvgIpc) is 2.80. The molecule has 2 aliphatic heterocycles. The van der Waals surface area contributed by atoms with Gasteiger partial charge < -0.3 is 10.2 Å². The van der Waals surface area contributed by atoms with E-state index in [-0.39, 0.29) is 12.1 Å². The number of aryl methyl sites for hydroxylation is 1. The molecule has 1 N–H and O–H groups in total. The Morgan fingerprint density at radius 1 is 1.18 bits per heavy atom. The number of nitrogens with one attached hydrogen (secondary N) is 1. The first-order valence-corrected chi connectivity index (χ1v) is 10.8. The number of nitrogens with zero attached hydrogens (tertiary/aromatic N) is 6. The molecular formula is C24H22FN7O. The fourth-order valence-corrected chi connectivity index (χ4v) is 5.16. The highest BCUT2D eigenvalue weighted by Crippen LogP contribution is 2.55. The van der Waals surface area contributed by atoms with Crippen molar-refractivity contribution < 1.29 is 9.18 Å². The van der Waals surface area contributed by atoms with Gasteiger partial charge in [0.25, 0.3) is 0 Å². The first kappa shape index (κ1) is 20.9. The predicted molar refractivity (Wildman–Crippen MR) is 118 cm³/mol. The van der Waals surface area contributed by atoms with Crippen LogP contribution in [0.1, 0.15) is 43.1 Å². The normalized spacial score (nSPS) is 23.4. The van der Waals surface area contributed by atoms with Gasteiger partial charge in [0.15, 0.2) is 17.5 Å². The number of aromatic nitrogens is 4. The van der Waals surface area contributed by atoms with Crippen molar-refractivity contribution in [2.45, 2.75) is 44.7 Å². The number of nitriles is 1. The van der Waals surface area contributed by atoms with Crippen LogP contribution in [0.4, 0.5) is 14.9 Å². The second kappa shape index (κ2) is 7.89. The van der Waals surface area contributed by atoms with Crippen molar-refractivity contribution in [2.24, 2.45) is 5.92 Å². The van der Waals surface area contributed by atoms with Gasteiger partial charge in [0.1, 0.15) is 11.6 Å². The zero-order valence-corrected chi connectivity index (χ0v) is 18.3. The average molecular weight is 443 g/mol. The monoisotopic (exact) mass is 443 g/mol. The van der Waals surface area contributed by atoms with Gasteiger partial charge in [0, 0.05) is 29.7 Å². The first-order chi connectivity index (χ1) is 15.9. The zero-order chi connectivity index (χ0) is 23.2. The predicted octanol–water partition coefficient (Wildman–Crippen LogP) is 4.18. The van der Waals surface area contributed by atoms with Crippen LogP contribution in [-0.2, 0) is 5.54 Å². The third kappa shape index (κ3) is 3.57. The van der Waals surface area contributed by atoms with Gasteiger partial charge in [0.2, 0.25) is 0 Å². The summed E-state index contributed by atoms with van der Waals surface area (Å²) in [5.74, 6) is 0.897. The zero-order valence-electron chi connectivity index (χ0n) is 18.3. The molecule has 0 saturated carbocycles. The van der Waals surface area contributed by atoms with Gasteiger partial charge in [-0.05, 0) is 49.8 Å². The van der Waals surface area contributed by atoms with Crippen LogP contribution >= 0.6 is 0 Å². The lowest BCUT2D eigenvalue weighted by Crippen LogP contribution is -2.70. The summed E-state index contributed by atoms with van der Waals surface area (Å²) in [6, 6.07) is 7.41. The highest BCUT2D eigenvalue weighted by atomic mass is 19.1. The number of hydrogen-bond donors (Lipinski definition) is 1. The summed E-state index contributed by atoms with van der Waals surface area (Å²) in [4.78, 5) is 32.2. The Hall–Kier alpha value is -3.93. The van der Waals surface area contributed by atoms with E-state index in [2.05, 4.69) is 32.2 Å². The van der Waals surface area contributed by atoms with Crippen molar-refractivity contribution in [1.82, 2.24) is 24.8 Å². The number of carbonyl (C=O) groups is 1. The van der Waals surface area contributed by atoms with Crippen LogP contribution in [0.3, 0.4) is 0 Å². The summed E-state index contributed by atoms with van der Waals surface area (Å²) in [5.41, 5.74) is 2.05. The number of piperidine rings is 1. The lowest BCUT2D eigenvalue weighted by atomic mass is 9.64. The van der Waals surface area contributed by atoms with Crippen molar-refractivity contribution in [1.29, 1.82) is 5.26 Å². The lowest BCUT2D eigenvalue weighted by molar-refractivity contribution is -0.100. The Balaban J connectivity index is 1.43. The number of anilines is 1. The minimum absolute atomic E-state index is 0.110. The van der Waals surface area contributed by atoms with Crippen LogP contribution in [0.5, 0.6) is 0 Å². The first-order valence-electron chi connectivity index (χ1n) is 10.8. The van der Waals surface area contributed by atoms with Crippen molar-refractivity contribution >= 4 is 11.7 Å². The van der Waals surface area contributed by atoms with Gasteiger partial charge in [-0.25, -0.2) is 29.1 Å². The quantitative estimate of drug-likeness (QED) is 0.651. The second-order valence-corrected chi connectivity index (χ2v) is 8.90. The number of benzene rings is 1. The Labute approximate surface area is 190 Å². The van der Waals surface area contributed by atoms with Crippen LogP contribution in [0.2, 0.25) is 0 Å². The summed E-state index contributed by atoms with van der Waals surface area (Å²) >= 11 is 0. The molecule has 0 unspecified atom stereocenters. The molecule has 5 rings (SSSR count). The molecule has 9 heteroatoms. The topological polar surface area (TPSA) is 108 Å². The lowest BCUT2D eigenvalue weighted by Gasteiger charge is -2.62. The van der Waals surface area contributed by atoms with E-state index in [1.54, 1.807) is 6.07 Å². The van der Waals surface area contributed by atoms with E-state index in [1.807, 2.05) is 30.0 Å². The summed E-state index contributed by atoms with van der Waals surface area (Å²) in [6.45, 7) is 4.08. The van der Waals surface area contributed by atoms with E-state index in [0.29, 0.717) is 28.8 Å². The largest absolute Gasteiger partial charge is 0.322 e. The molecule has 2 fully saturated rings. The number of urea groups is 1. The molecule has 33 heavy (non-hydrogen) atoms. The molecule has 2 bridgehead atoms. The maximum Gasteiger partial charge on any atom is 0.322 e. The maximum atomic E-state index is 13.4. The van der Waals surface area contributed by atoms with Gasteiger partial charge >= 0.3 is 6.03 Å². The maximum absolute atomic E-state index is 13.4. The van der Waals surface area contributed by atoms with Gasteiger partial charge in [0.05, 0.1) is 18.0 Å². The summed E-state index contributed by atoms with van der Waals surface area (Å²) < 4.78 is 13.2. The Kier molecular flexibility index (Phi) is 5.01. The minimum Gasteiger partial charge on any atom is -0.308 e. The third-order valence-electron chi connectivity index (χ3n) is 6.53. The molecule has 4 heterocycles. The highest BCUT2D eigenvalue weighted by molar-refractivity contribution is 5.92. The van der Waals surface area contributed by atoms with Crippen molar-refractivity contribution in [3.05, 3.63) is 65.8 Å². The van der Waals surface area contributed by atoms with Gasteiger partial charge in [-0.2, -0.15) is 5.26 Å². The molecule has 0 spiro atoms. The molecule has 8 nitrogen and oxygen atoms in total. The fraction of sp³-hybridized carbons (Fsp3) is 0.333. The number of hydrogen-bond acceptors (Lipinski definition) is 6. The van der Waals surface area contributed by atoms with Crippen molar-refractivity contribution in [3.63, 3.8) is 0 Å². The third-order valence-corrected chi connectivity index (χ3v) is 6.53. The highest BCUT2D eigenvalue weighted by Gasteiger charge is 2.60. The fourth-order valence-electron chi connectivity index (χ4n) is 5.16. The standard InChI is InChI=1S/C24H22FN7O/c1-14-5-19-8-24(7-14,22-29-10-16(9-26)11-30-22)32(19)23(33)31-18-4-3-15(2)20(6-18)21-27-12-17(25)13-28-21/h3-4,6,10-14,19H,5,7-8H2,1-2H3,(H,31,33)/t14-,19-,24+/m0/s1. The molecule has 0 aliphatic carbocycles. The van der Waals surface area contributed by atoms with Crippen LogP contribution in [-0.4, -0.2) is 36.9 Å². The number of halogens is 1. The van der Waals surface area contributed by atoms with E-state index >= 15 is 0 Å².